The zero-order chi connectivity index (χ0) is 19.9. The fraction of sp³-hybridized carbons (Fsp3) is 0.579. The van der Waals surface area contributed by atoms with E-state index in [2.05, 4.69) is 15.0 Å². The Morgan fingerprint density at radius 1 is 1.18 bits per heavy atom. The summed E-state index contributed by atoms with van der Waals surface area (Å²) >= 11 is 0. The van der Waals surface area contributed by atoms with E-state index in [1.54, 1.807) is 24.3 Å². The zero-order valence-corrected chi connectivity index (χ0v) is 18.2. The molecule has 0 radical (unpaired) electrons. The molecule has 9 heteroatoms. The van der Waals surface area contributed by atoms with Crippen molar-refractivity contribution in [2.45, 2.75) is 62.8 Å². The molecule has 7 nitrogen and oxygen atoms in total. The maximum atomic E-state index is 12.1. The lowest BCUT2D eigenvalue weighted by Gasteiger charge is -2.31. The highest BCUT2D eigenvalue weighted by Crippen LogP contribution is 2.22. The molecule has 1 aliphatic heterocycles. The quantitative estimate of drug-likeness (QED) is 0.494. The van der Waals surface area contributed by atoms with E-state index in [0.29, 0.717) is 30.9 Å². The topological polar surface area (TPSA) is 114 Å². The van der Waals surface area contributed by atoms with Gasteiger partial charge < -0.3 is 11.1 Å². The Hall–Kier alpha value is -1.64. The number of nitrogens with zero attached hydrogens (tertiary/aromatic N) is 1. The molecule has 1 aromatic rings. The standard InChI is InChI=1S/C19H30N4O3S.ClH/c1-3-19(4-2,14-20)22-17(24)12-6-5-9-13-21-18-15-10-7-8-11-16(15)27(25,26)23-18;/h7-8,10-11H,3-6,9,12-14,20H2,1-2H3,(H,21,23)(H,22,24);1H. The maximum absolute atomic E-state index is 12.1. The Morgan fingerprint density at radius 2 is 1.86 bits per heavy atom. The predicted molar refractivity (Wildman–Crippen MR) is 114 cm³/mol. The van der Waals surface area contributed by atoms with Gasteiger partial charge in [0.1, 0.15) is 5.84 Å². The molecule has 0 aliphatic carbocycles. The summed E-state index contributed by atoms with van der Waals surface area (Å²) in [7, 11) is -3.48. The lowest BCUT2D eigenvalue weighted by molar-refractivity contribution is -0.123. The number of hydrogen-bond acceptors (Lipinski definition) is 5. The SMILES string of the molecule is CCC(CC)(CN)NC(=O)CCCCCN=C1NS(=O)(=O)c2ccccc21.Cl. The van der Waals surface area contributed by atoms with Crippen LogP contribution in [0.4, 0.5) is 0 Å². The van der Waals surface area contributed by atoms with Gasteiger partial charge in [-0.2, -0.15) is 0 Å². The fourth-order valence-electron chi connectivity index (χ4n) is 3.14. The number of sulfonamides is 1. The number of amidine groups is 1. The molecule has 28 heavy (non-hydrogen) atoms. The monoisotopic (exact) mass is 430 g/mol. The molecule has 0 bridgehead atoms. The van der Waals surface area contributed by atoms with E-state index in [9.17, 15) is 13.2 Å². The number of carbonyl (C=O) groups excluding carboxylic acids is 1. The van der Waals surface area contributed by atoms with Gasteiger partial charge in [0.25, 0.3) is 10.0 Å². The molecule has 1 amide bonds. The number of fused-ring (bicyclic) bond motifs is 1. The molecule has 0 saturated carbocycles. The highest BCUT2D eigenvalue weighted by atomic mass is 35.5. The minimum absolute atomic E-state index is 0. The average molecular weight is 431 g/mol. The van der Waals surface area contributed by atoms with E-state index >= 15 is 0 Å². The van der Waals surface area contributed by atoms with Crippen LogP contribution >= 0.6 is 12.4 Å². The van der Waals surface area contributed by atoms with Crippen LogP contribution in [-0.4, -0.2) is 38.8 Å². The Labute approximate surface area is 174 Å². The molecule has 0 saturated heterocycles. The van der Waals surface area contributed by atoms with E-state index in [0.717, 1.165) is 32.1 Å². The summed E-state index contributed by atoms with van der Waals surface area (Å²) in [6.07, 6.45) is 4.53. The van der Waals surface area contributed by atoms with E-state index in [4.69, 9.17) is 5.73 Å². The number of nitrogens with two attached hydrogens (primary N) is 1. The maximum Gasteiger partial charge on any atom is 0.263 e. The van der Waals surface area contributed by atoms with Gasteiger partial charge in [-0.15, -0.1) is 12.4 Å². The second kappa shape index (κ2) is 10.8. The lowest BCUT2D eigenvalue weighted by atomic mass is 9.92. The van der Waals surface area contributed by atoms with Crippen LogP contribution in [0.2, 0.25) is 0 Å². The Balaban J connectivity index is 0.00000392. The van der Waals surface area contributed by atoms with Gasteiger partial charge in [-0.3, -0.25) is 14.5 Å². The predicted octanol–water partition coefficient (Wildman–Crippen LogP) is 2.34. The first kappa shape index (κ1) is 24.4. The van der Waals surface area contributed by atoms with Gasteiger partial charge in [0, 0.05) is 25.1 Å². The summed E-state index contributed by atoms with van der Waals surface area (Å²) in [5, 5.41) is 3.07. The van der Waals surface area contributed by atoms with Crippen molar-refractivity contribution < 1.29 is 13.2 Å². The van der Waals surface area contributed by atoms with Crippen LogP contribution in [0.3, 0.4) is 0 Å². The molecule has 158 valence electrons. The highest BCUT2D eigenvalue weighted by Gasteiger charge is 2.30. The first-order valence-electron chi connectivity index (χ1n) is 9.55. The van der Waals surface area contributed by atoms with Crippen molar-refractivity contribution in [3.05, 3.63) is 29.8 Å². The second-order valence-corrected chi connectivity index (χ2v) is 8.53. The van der Waals surface area contributed by atoms with Gasteiger partial charge in [0.05, 0.1) is 10.4 Å². The van der Waals surface area contributed by atoms with Gasteiger partial charge in [0.2, 0.25) is 5.91 Å². The molecule has 1 heterocycles. The molecule has 1 aromatic carbocycles. The van der Waals surface area contributed by atoms with Gasteiger partial charge in [-0.25, -0.2) is 8.42 Å². The van der Waals surface area contributed by atoms with Gasteiger partial charge in [-0.1, -0.05) is 32.4 Å². The number of aliphatic imine (C=N–C) groups is 1. The number of amides is 1. The minimum atomic E-state index is -3.48. The van der Waals surface area contributed by atoms with Gasteiger partial charge in [0.15, 0.2) is 0 Å². The normalized spacial score (nSPS) is 16.2. The van der Waals surface area contributed by atoms with E-state index < -0.39 is 10.0 Å². The molecular weight excluding hydrogens is 400 g/mol. The minimum Gasteiger partial charge on any atom is -0.349 e. The zero-order valence-electron chi connectivity index (χ0n) is 16.5. The van der Waals surface area contributed by atoms with Gasteiger partial charge >= 0.3 is 0 Å². The summed E-state index contributed by atoms with van der Waals surface area (Å²) in [6, 6.07) is 6.82. The smallest absolute Gasteiger partial charge is 0.263 e. The number of hydrogen-bond donors (Lipinski definition) is 3. The van der Waals surface area contributed by atoms with Crippen molar-refractivity contribution in [2.24, 2.45) is 10.7 Å². The number of unbranched alkanes of at least 4 members (excludes halogenated alkanes) is 2. The van der Waals surface area contributed by atoms with Crippen LogP contribution < -0.4 is 15.8 Å². The van der Waals surface area contributed by atoms with Crippen LogP contribution in [-0.2, 0) is 14.8 Å². The largest absolute Gasteiger partial charge is 0.349 e. The molecule has 0 atom stereocenters. The number of rotatable bonds is 10. The van der Waals surface area contributed by atoms with Crippen LogP contribution in [0.5, 0.6) is 0 Å². The van der Waals surface area contributed by atoms with Crippen molar-refractivity contribution in [1.82, 2.24) is 10.0 Å². The van der Waals surface area contributed by atoms with Crippen molar-refractivity contribution in [2.75, 3.05) is 13.1 Å². The van der Waals surface area contributed by atoms with Crippen molar-refractivity contribution in [3.63, 3.8) is 0 Å². The summed E-state index contributed by atoms with van der Waals surface area (Å²) in [6.45, 7) is 5.03. The van der Waals surface area contributed by atoms with Crippen molar-refractivity contribution in [3.8, 4) is 0 Å². The third-order valence-corrected chi connectivity index (χ3v) is 6.54. The molecule has 2 rings (SSSR count). The molecule has 0 fully saturated rings. The average Bonchev–Trinajstić information content (AvgIpc) is 2.93. The summed E-state index contributed by atoms with van der Waals surface area (Å²) < 4.78 is 26.5. The number of benzene rings is 1. The second-order valence-electron chi connectivity index (χ2n) is 6.88. The van der Waals surface area contributed by atoms with E-state index in [-0.39, 0.29) is 28.7 Å². The molecule has 4 N–H and O–H groups in total. The summed E-state index contributed by atoms with van der Waals surface area (Å²) in [5.41, 5.74) is 6.13. The Morgan fingerprint density at radius 3 is 2.50 bits per heavy atom. The fourth-order valence-corrected chi connectivity index (χ4v) is 4.39. The summed E-state index contributed by atoms with van der Waals surface area (Å²) in [5.74, 6) is 0.440. The number of nitrogens with one attached hydrogen (secondary N) is 2. The highest BCUT2D eigenvalue weighted by molar-refractivity contribution is 7.90. The first-order valence-corrected chi connectivity index (χ1v) is 11.0. The summed E-state index contributed by atoms with van der Waals surface area (Å²) in [4.78, 5) is 16.8. The first-order chi connectivity index (χ1) is 12.9. The lowest BCUT2D eigenvalue weighted by Crippen LogP contribution is -2.52. The molecule has 1 aliphatic rings. The number of halogens is 1. The van der Waals surface area contributed by atoms with Crippen LogP contribution in [0.15, 0.2) is 34.2 Å². The third kappa shape index (κ3) is 5.93. The van der Waals surface area contributed by atoms with Crippen LogP contribution in [0.1, 0.15) is 57.9 Å². The van der Waals surface area contributed by atoms with Crippen LogP contribution in [0.25, 0.3) is 0 Å². The Kier molecular flexibility index (Phi) is 9.39. The van der Waals surface area contributed by atoms with E-state index in [1.807, 2.05) is 13.8 Å². The number of carbonyl (C=O) groups is 1. The molecule has 0 aromatic heterocycles. The van der Waals surface area contributed by atoms with Crippen LogP contribution in [0, 0.1) is 0 Å². The molecule has 0 spiro atoms. The van der Waals surface area contributed by atoms with Crippen molar-refractivity contribution >= 4 is 34.2 Å². The molecular formula is C19H31ClN4O3S. The van der Waals surface area contributed by atoms with E-state index in [1.165, 1.54) is 0 Å². The third-order valence-electron chi connectivity index (χ3n) is 5.14. The Bertz CT molecular complexity index is 784. The van der Waals surface area contributed by atoms with Crippen molar-refractivity contribution in [1.29, 1.82) is 0 Å². The molecule has 0 unspecified atom stereocenters. The van der Waals surface area contributed by atoms with Gasteiger partial charge in [-0.05, 0) is 37.8 Å².